The Labute approximate surface area is 170 Å². The molecule has 2 aromatic heterocycles. The van der Waals surface area contributed by atoms with Gasteiger partial charge in [0.25, 0.3) is 0 Å². The van der Waals surface area contributed by atoms with E-state index in [4.69, 9.17) is 4.98 Å². The van der Waals surface area contributed by atoms with Crippen LogP contribution in [0, 0.1) is 23.2 Å². The van der Waals surface area contributed by atoms with Gasteiger partial charge in [-0.3, -0.25) is 4.79 Å². The lowest BCUT2D eigenvalue weighted by atomic mass is 9.87. The zero-order chi connectivity index (χ0) is 20.3. The molecule has 0 radical (unpaired) electrons. The molecule has 3 heterocycles. The Morgan fingerprint density at radius 1 is 1.28 bits per heavy atom. The number of aliphatic hydroxyl groups is 1. The Morgan fingerprint density at radius 3 is 2.72 bits per heavy atom. The fourth-order valence-corrected chi connectivity index (χ4v) is 4.60. The van der Waals surface area contributed by atoms with E-state index in [0.29, 0.717) is 41.1 Å². The molecule has 1 aromatic carbocycles. The van der Waals surface area contributed by atoms with Crippen LogP contribution in [0.2, 0.25) is 0 Å². The number of aromatic nitrogens is 3. The van der Waals surface area contributed by atoms with Gasteiger partial charge in [-0.2, -0.15) is 0 Å². The van der Waals surface area contributed by atoms with Crippen LogP contribution in [0.25, 0.3) is 22.4 Å². The maximum absolute atomic E-state index is 12.8. The van der Waals surface area contributed by atoms with Gasteiger partial charge >= 0.3 is 0 Å². The molecule has 6 nitrogen and oxygen atoms in total. The lowest BCUT2D eigenvalue weighted by Gasteiger charge is -2.22. The van der Waals surface area contributed by atoms with Crippen LogP contribution in [0.4, 0.5) is 5.69 Å². The summed E-state index contributed by atoms with van der Waals surface area (Å²) in [7, 11) is 0. The number of rotatable bonds is 4. The van der Waals surface area contributed by atoms with E-state index in [9.17, 15) is 9.90 Å². The average Bonchev–Trinajstić information content (AvgIpc) is 3.05. The SMILES string of the molecule is CC(C)(C)C(=O)c1c[nH]c2ncc(-c3cccc(N4C[C@@H]5C(CO)[C@@H]5C4)c3)nc12. The van der Waals surface area contributed by atoms with Crippen LogP contribution in [0.15, 0.2) is 36.7 Å². The first-order chi connectivity index (χ1) is 13.9. The monoisotopic (exact) mass is 390 g/mol. The summed E-state index contributed by atoms with van der Waals surface area (Å²) in [6, 6.07) is 8.35. The number of nitrogens with one attached hydrogen (secondary N) is 1. The van der Waals surface area contributed by atoms with Gasteiger partial charge in [0.05, 0.1) is 17.5 Å². The first-order valence-corrected chi connectivity index (χ1v) is 10.2. The van der Waals surface area contributed by atoms with Crippen LogP contribution in [0.3, 0.4) is 0 Å². The molecule has 5 rings (SSSR count). The Morgan fingerprint density at radius 2 is 2.03 bits per heavy atom. The maximum atomic E-state index is 12.8. The summed E-state index contributed by atoms with van der Waals surface area (Å²) in [5.74, 6) is 1.81. The van der Waals surface area contributed by atoms with Gasteiger partial charge in [-0.25, -0.2) is 9.97 Å². The number of anilines is 1. The topological polar surface area (TPSA) is 82.1 Å². The quantitative estimate of drug-likeness (QED) is 0.666. The van der Waals surface area contributed by atoms with Gasteiger partial charge in [-0.15, -0.1) is 0 Å². The number of aliphatic hydroxyl groups excluding tert-OH is 1. The van der Waals surface area contributed by atoms with Crippen molar-refractivity contribution in [1.29, 1.82) is 0 Å². The van der Waals surface area contributed by atoms with Gasteiger partial charge in [-0.05, 0) is 29.9 Å². The lowest BCUT2D eigenvalue weighted by Crippen LogP contribution is -2.24. The molecular weight excluding hydrogens is 364 g/mol. The van der Waals surface area contributed by atoms with Crippen molar-refractivity contribution in [2.24, 2.45) is 23.2 Å². The van der Waals surface area contributed by atoms with Crippen molar-refractivity contribution in [3.8, 4) is 11.3 Å². The van der Waals surface area contributed by atoms with Gasteiger partial charge in [0.1, 0.15) is 5.52 Å². The van der Waals surface area contributed by atoms with Crippen molar-refractivity contribution in [3.05, 3.63) is 42.2 Å². The number of Topliss-reactive ketones (excluding diaryl/α,β-unsaturated/α-hetero) is 1. The number of piperidine rings is 1. The van der Waals surface area contributed by atoms with Gasteiger partial charge < -0.3 is 15.0 Å². The van der Waals surface area contributed by atoms with Gasteiger partial charge in [0.15, 0.2) is 11.4 Å². The second-order valence-electron chi connectivity index (χ2n) is 9.36. The number of carbonyl (C=O) groups is 1. The maximum Gasteiger partial charge on any atom is 0.171 e. The summed E-state index contributed by atoms with van der Waals surface area (Å²) in [6.07, 6.45) is 3.47. The molecule has 0 bridgehead atoms. The lowest BCUT2D eigenvalue weighted by molar-refractivity contribution is 0.0860. The van der Waals surface area contributed by atoms with Crippen LogP contribution in [0.1, 0.15) is 31.1 Å². The summed E-state index contributed by atoms with van der Waals surface area (Å²) in [5.41, 5.74) is 4.30. The van der Waals surface area contributed by atoms with E-state index < -0.39 is 5.41 Å². The highest BCUT2D eigenvalue weighted by Gasteiger charge is 2.55. The van der Waals surface area contributed by atoms with Crippen LogP contribution >= 0.6 is 0 Å². The number of hydrogen-bond acceptors (Lipinski definition) is 5. The van der Waals surface area contributed by atoms with E-state index in [2.05, 4.69) is 27.0 Å². The molecule has 2 N–H and O–H groups in total. The minimum Gasteiger partial charge on any atom is -0.396 e. The summed E-state index contributed by atoms with van der Waals surface area (Å²) < 4.78 is 0. The van der Waals surface area contributed by atoms with Crippen LogP contribution in [-0.4, -0.2) is 45.5 Å². The Bertz CT molecular complexity index is 1090. The highest BCUT2D eigenvalue weighted by atomic mass is 16.3. The normalized spacial score (nSPS) is 23.4. The molecule has 0 spiro atoms. The highest BCUT2D eigenvalue weighted by Crippen LogP contribution is 2.52. The number of fused-ring (bicyclic) bond motifs is 2. The molecule has 3 atom stereocenters. The van der Waals surface area contributed by atoms with Crippen LogP contribution in [-0.2, 0) is 0 Å². The molecule has 1 saturated carbocycles. The van der Waals surface area contributed by atoms with Crippen molar-refractivity contribution in [2.45, 2.75) is 20.8 Å². The number of hydrogen-bond donors (Lipinski definition) is 2. The molecule has 3 aromatic rings. The average molecular weight is 390 g/mol. The molecule has 2 fully saturated rings. The van der Waals surface area contributed by atoms with Gasteiger partial charge in [0.2, 0.25) is 0 Å². The molecule has 1 saturated heterocycles. The first-order valence-electron chi connectivity index (χ1n) is 10.2. The predicted molar refractivity (Wildman–Crippen MR) is 113 cm³/mol. The van der Waals surface area contributed by atoms with Crippen molar-refractivity contribution in [3.63, 3.8) is 0 Å². The molecule has 1 aliphatic heterocycles. The summed E-state index contributed by atoms with van der Waals surface area (Å²) in [5, 5.41) is 9.38. The molecule has 0 amide bonds. The third-order valence-corrected chi connectivity index (χ3v) is 6.40. The minimum atomic E-state index is -0.476. The van der Waals surface area contributed by atoms with Crippen molar-refractivity contribution in [1.82, 2.24) is 15.0 Å². The third kappa shape index (κ3) is 3.02. The Balaban J connectivity index is 1.46. The molecule has 1 aliphatic carbocycles. The predicted octanol–water partition coefficient (Wildman–Crippen LogP) is 3.53. The number of nitrogens with zero attached hydrogens (tertiary/aromatic N) is 3. The summed E-state index contributed by atoms with van der Waals surface area (Å²) in [6.45, 7) is 8.06. The minimum absolute atomic E-state index is 0.0543. The van der Waals surface area contributed by atoms with E-state index in [-0.39, 0.29) is 5.78 Å². The van der Waals surface area contributed by atoms with E-state index in [1.54, 1.807) is 12.4 Å². The molecule has 29 heavy (non-hydrogen) atoms. The largest absolute Gasteiger partial charge is 0.396 e. The number of aromatic amines is 1. The van der Waals surface area contributed by atoms with Crippen molar-refractivity contribution in [2.75, 3.05) is 24.6 Å². The Kier molecular flexibility index (Phi) is 4.03. The number of benzene rings is 1. The summed E-state index contributed by atoms with van der Waals surface area (Å²) >= 11 is 0. The summed E-state index contributed by atoms with van der Waals surface area (Å²) in [4.78, 5) is 27.5. The number of H-pyrrole nitrogens is 1. The molecular formula is C23H26N4O2. The second-order valence-corrected chi connectivity index (χ2v) is 9.36. The van der Waals surface area contributed by atoms with Gasteiger partial charge in [-0.1, -0.05) is 32.9 Å². The third-order valence-electron chi connectivity index (χ3n) is 6.40. The number of ketones is 1. The van der Waals surface area contributed by atoms with Gasteiger partial charge in [0, 0.05) is 42.6 Å². The molecule has 1 unspecified atom stereocenters. The zero-order valence-corrected chi connectivity index (χ0v) is 17.0. The fourth-order valence-electron chi connectivity index (χ4n) is 4.60. The van der Waals surface area contributed by atoms with Crippen LogP contribution < -0.4 is 4.90 Å². The van der Waals surface area contributed by atoms with E-state index in [1.807, 2.05) is 32.9 Å². The van der Waals surface area contributed by atoms with Crippen molar-refractivity contribution >= 4 is 22.6 Å². The first kappa shape index (κ1) is 18.3. The van der Waals surface area contributed by atoms with E-state index in [1.165, 1.54) is 5.69 Å². The zero-order valence-electron chi connectivity index (χ0n) is 17.0. The van der Waals surface area contributed by atoms with Crippen molar-refractivity contribution < 1.29 is 9.90 Å². The molecule has 6 heteroatoms. The standard InChI is InChI=1S/C23H26N4O2/c1-23(2,3)21(29)15-8-24-22-20(15)26-19(9-25-22)13-5-4-6-14(7-13)27-10-16-17(11-27)18(16)12-28/h4-9,16-18,28H,10-12H2,1-3H3,(H,24,25)/t16-,17+,18?. The number of carbonyl (C=O) groups excluding carboxylic acids is 1. The van der Waals surface area contributed by atoms with E-state index >= 15 is 0 Å². The highest BCUT2D eigenvalue weighted by molar-refractivity contribution is 6.08. The smallest absolute Gasteiger partial charge is 0.171 e. The Hall–Kier alpha value is -2.73. The fraction of sp³-hybridized carbons (Fsp3) is 0.435. The van der Waals surface area contributed by atoms with E-state index in [0.717, 1.165) is 24.3 Å². The van der Waals surface area contributed by atoms with Crippen LogP contribution in [0.5, 0.6) is 0 Å². The molecule has 150 valence electrons. The second kappa shape index (κ2) is 6.39. The molecule has 2 aliphatic rings.